The summed E-state index contributed by atoms with van der Waals surface area (Å²) in [5.74, 6) is 0.271. The highest BCUT2D eigenvalue weighted by Crippen LogP contribution is 2.35. The molecule has 1 rings (SSSR count). The summed E-state index contributed by atoms with van der Waals surface area (Å²) in [5.41, 5.74) is -0.0297. The van der Waals surface area contributed by atoms with E-state index in [1.807, 2.05) is 20.8 Å². The average Bonchev–Trinajstić information content (AvgIpc) is 2.08. The molecule has 0 aromatic rings. The van der Waals surface area contributed by atoms with E-state index in [9.17, 15) is 4.79 Å². The lowest BCUT2D eigenvalue weighted by Gasteiger charge is -2.24. The number of aliphatic hydroxyl groups excluding tert-OH is 1. The van der Waals surface area contributed by atoms with Gasteiger partial charge >= 0.3 is 0 Å². The van der Waals surface area contributed by atoms with Gasteiger partial charge in [-0.1, -0.05) is 20.8 Å². The number of aliphatic hydroxyl groups is 1. The van der Waals surface area contributed by atoms with Gasteiger partial charge in [-0.2, -0.15) is 0 Å². The van der Waals surface area contributed by atoms with Crippen LogP contribution in [0.2, 0.25) is 0 Å². The molecule has 2 heteroatoms. The fraction of sp³-hybridized carbons (Fsp3) is 0.667. The van der Waals surface area contributed by atoms with Crippen molar-refractivity contribution in [2.24, 2.45) is 11.3 Å². The Kier molecular flexibility index (Phi) is 1.78. The molecule has 0 saturated carbocycles. The van der Waals surface area contributed by atoms with Crippen molar-refractivity contribution in [1.82, 2.24) is 0 Å². The minimum Gasteiger partial charge on any atom is -0.512 e. The maximum atomic E-state index is 11.2. The largest absolute Gasteiger partial charge is 0.512 e. The molecule has 0 heterocycles. The van der Waals surface area contributed by atoms with Gasteiger partial charge in [0.15, 0.2) is 5.78 Å². The van der Waals surface area contributed by atoms with Gasteiger partial charge < -0.3 is 5.11 Å². The number of carbonyl (C=O) groups is 1. The smallest absolute Gasteiger partial charge is 0.163 e. The van der Waals surface area contributed by atoms with Crippen molar-refractivity contribution < 1.29 is 9.90 Å². The van der Waals surface area contributed by atoms with Crippen molar-refractivity contribution in [3.8, 4) is 0 Å². The molecule has 62 valence electrons. The normalized spacial score (nSPS) is 25.5. The Hall–Kier alpha value is -0.790. The highest BCUT2D eigenvalue weighted by atomic mass is 16.3. The van der Waals surface area contributed by atoms with Gasteiger partial charge in [0.1, 0.15) is 0 Å². The number of hydrogen-bond acceptors (Lipinski definition) is 2. The lowest BCUT2D eigenvalue weighted by molar-refractivity contribution is -0.120. The first kappa shape index (κ1) is 8.31. The molecule has 0 aromatic heterocycles. The molecule has 0 fully saturated rings. The van der Waals surface area contributed by atoms with E-state index in [0.29, 0.717) is 6.42 Å². The van der Waals surface area contributed by atoms with Crippen LogP contribution < -0.4 is 0 Å². The molecule has 1 N–H and O–H groups in total. The number of ketones is 1. The summed E-state index contributed by atoms with van der Waals surface area (Å²) in [6.07, 6.45) is 1.86. The van der Waals surface area contributed by atoms with E-state index >= 15 is 0 Å². The zero-order valence-electron chi connectivity index (χ0n) is 7.22. The van der Waals surface area contributed by atoms with Crippen LogP contribution in [-0.4, -0.2) is 10.9 Å². The minimum absolute atomic E-state index is 0.0255. The van der Waals surface area contributed by atoms with Gasteiger partial charge in [-0.05, 0) is 5.41 Å². The fourth-order valence-electron chi connectivity index (χ4n) is 1.37. The van der Waals surface area contributed by atoms with Crippen LogP contribution in [-0.2, 0) is 4.79 Å². The Bertz CT molecular complexity index is 208. The lowest BCUT2D eigenvalue weighted by Crippen LogP contribution is -2.24. The van der Waals surface area contributed by atoms with E-state index in [1.165, 1.54) is 6.08 Å². The second-order valence-electron chi connectivity index (χ2n) is 4.16. The predicted molar refractivity (Wildman–Crippen MR) is 43.3 cm³/mol. The molecule has 0 spiro atoms. The Balaban J connectivity index is 2.75. The molecule has 1 unspecified atom stereocenters. The molecule has 0 amide bonds. The second-order valence-corrected chi connectivity index (χ2v) is 4.16. The lowest BCUT2D eigenvalue weighted by atomic mass is 9.79. The van der Waals surface area contributed by atoms with Crippen molar-refractivity contribution >= 4 is 5.78 Å². The quantitative estimate of drug-likeness (QED) is 0.580. The number of rotatable bonds is 0. The molecule has 2 nitrogen and oxygen atoms in total. The van der Waals surface area contributed by atoms with E-state index in [0.717, 1.165) is 0 Å². The minimum atomic E-state index is -0.0297. The summed E-state index contributed by atoms with van der Waals surface area (Å²) in [5, 5.41) is 9.07. The van der Waals surface area contributed by atoms with Gasteiger partial charge in [-0.25, -0.2) is 0 Å². The molecule has 0 aliphatic heterocycles. The Labute approximate surface area is 66.9 Å². The van der Waals surface area contributed by atoms with Gasteiger partial charge in [0.25, 0.3) is 0 Å². The first-order valence-electron chi connectivity index (χ1n) is 3.84. The van der Waals surface area contributed by atoms with Crippen LogP contribution in [0.15, 0.2) is 11.8 Å². The van der Waals surface area contributed by atoms with Crippen molar-refractivity contribution in [3.63, 3.8) is 0 Å². The highest BCUT2D eigenvalue weighted by Gasteiger charge is 2.34. The summed E-state index contributed by atoms with van der Waals surface area (Å²) in [6, 6.07) is 0. The van der Waals surface area contributed by atoms with Crippen LogP contribution in [0.25, 0.3) is 0 Å². The predicted octanol–water partition coefficient (Wildman–Crippen LogP) is 2.06. The summed E-state index contributed by atoms with van der Waals surface area (Å²) < 4.78 is 0. The second kappa shape index (κ2) is 2.36. The first-order chi connectivity index (χ1) is 4.91. The van der Waals surface area contributed by atoms with E-state index in [2.05, 4.69) is 0 Å². The fourth-order valence-corrected chi connectivity index (χ4v) is 1.37. The number of allylic oxidation sites excluding steroid dienone is 2. The van der Waals surface area contributed by atoms with Crippen LogP contribution in [0, 0.1) is 11.3 Å². The van der Waals surface area contributed by atoms with Crippen LogP contribution in [0.1, 0.15) is 27.2 Å². The molecule has 1 aliphatic carbocycles. The number of hydrogen-bond donors (Lipinski definition) is 1. The molecule has 1 aliphatic rings. The summed E-state index contributed by atoms with van der Waals surface area (Å²) in [6.45, 7) is 6.05. The molecule has 0 aromatic carbocycles. The van der Waals surface area contributed by atoms with E-state index < -0.39 is 0 Å². The van der Waals surface area contributed by atoms with Crippen molar-refractivity contribution in [3.05, 3.63) is 11.8 Å². The maximum absolute atomic E-state index is 11.2. The highest BCUT2D eigenvalue weighted by molar-refractivity contribution is 5.95. The average molecular weight is 154 g/mol. The molecular formula is C9H14O2. The molecule has 11 heavy (non-hydrogen) atoms. The van der Waals surface area contributed by atoms with E-state index in [4.69, 9.17) is 5.11 Å². The Morgan fingerprint density at radius 1 is 1.55 bits per heavy atom. The summed E-state index contributed by atoms with van der Waals surface area (Å²) in [7, 11) is 0. The standard InChI is InChI=1S/C9H14O2/c1-9(2,3)7-4-6(10)5-8(7)11/h5,7,10H,4H2,1-3H3. The Morgan fingerprint density at radius 2 is 2.09 bits per heavy atom. The van der Waals surface area contributed by atoms with Crippen LogP contribution in [0.5, 0.6) is 0 Å². The van der Waals surface area contributed by atoms with Gasteiger partial charge in [0, 0.05) is 18.4 Å². The van der Waals surface area contributed by atoms with Crippen molar-refractivity contribution in [2.75, 3.05) is 0 Å². The maximum Gasteiger partial charge on any atom is 0.163 e. The zero-order chi connectivity index (χ0) is 8.65. The third kappa shape index (κ3) is 1.62. The topological polar surface area (TPSA) is 37.3 Å². The molecular weight excluding hydrogens is 140 g/mol. The summed E-state index contributed by atoms with van der Waals surface area (Å²) in [4.78, 5) is 11.2. The molecule has 0 saturated heterocycles. The van der Waals surface area contributed by atoms with E-state index in [1.54, 1.807) is 0 Å². The molecule has 1 atom stereocenters. The third-order valence-corrected chi connectivity index (χ3v) is 2.11. The number of carbonyl (C=O) groups excluding carboxylic acids is 1. The first-order valence-corrected chi connectivity index (χ1v) is 3.84. The van der Waals surface area contributed by atoms with Gasteiger partial charge in [0.2, 0.25) is 0 Å². The zero-order valence-corrected chi connectivity index (χ0v) is 7.22. The SMILES string of the molecule is CC(C)(C)C1CC(O)=CC1=O. The summed E-state index contributed by atoms with van der Waals surface area (Å²) >= 11 is 0. The van der Waals surface area contributed by atoms with Crippen molar-refractivity contribution in [1.29, 1.82) is 0 Å². The van der Waals surface area contributed by atoms with Gasteiger partial charge in [0.05, 0.1) is 5.76 Å². The molecule has 0 radical (unpaired) electrons. The third-order valence-electron chi connectivity index (χ3n) is 2.11. The van der Waals surface area contributed by atoms with Crippen LogP contribution in [0.3, 0.4) is 0 Å². The van der Waals surface area contributed by atoms with E-state index in [-0.39, 0.29) is 22.9 Å². The van der Waals surface area contributed by atoms with Crippen LogP contribution >= 0.6 is 0 Å². The van der Waals surface area contributed by atoms with Crippen molar-refractivity contribution in [2.45, 2.75) is 27.2 Å². The van der Waals surface area contributed by atoms with Gasteiger partial charge in [-0.3, -0.25) is 4.79 Å². The Morgan fingerprint density at radius 3 is 2.27 bits per heavy atom. The monoisotopic (exact) mass is 154 g/mol. The van der Waals surface area contributed by atoms with Crippen LogP contribution in [0.4, 0.5) is 0 Å². The van der Waals surface area contributed by atoms with Gasteiger partial charge in [-0.15, -0.1) is 0 Å². The molecule has 0 bridgehead atoms.